The second kappa shape index (κ2) is 11.3. The van der Waals surface area contributed by atoms with E-state index in [0.29, 0.717) is 38.1 Å². The number of aromatic hydroxyl groups is 1. The first-order valence-electron chi connectivity index (χ1n) is 12.2. The lowest BCUT2D eigenvalue weighted by atomic mass is 9.69. The summed E-state index contributed by atoms with van der Waals surface area (Å²) in [5.74, 6) is -3.84. The highest BCUT2D eigenvalue weighted by Crippen LogP contribution is 2.45. The zero-order valence-corrected chi connectivity index (χ0v) is 22.4. The number of halogens is 2. The van der Waals surface area contributed by atoms with Crippen LogP contribution in [0.3, 0.4) is 0 Å². The second-order valence-electron chi connectivity index (χ2n) is 10.0. The normalized spacial score (nSPS) is 18.2. The summed E-state index contributed by atoms with van der Waals surface area (Å²) in [6.45, 7) is 7.28. The summed E-state index contributed by atoms with van der Waals surface area (Å²) in [5.41, 5.74) is -2.39. The van der Waals surface area contributed by atoms with Gasteiger partial charge in [-0.3, -0.25) is 18.9 Å². The van der Waals surface area contributed by atoms with Crippen molar-refractivity contribution in [1.29, 1.82) is 0 Å². The van der Waals surface area contributed by atoms with Gasteiger partial charge in [-0.15, -0.1) is 0 Å². The van der Waals surface area contributed by atoms with Crippen molar-refractivity contribution in [3.05, 3.63) is 63.1 Å². The lowest BCUT2D eigenvalue weighted by Crippen LogP contribution is -2.44. The number of ketones is 1. The Morgan fingerprint density at radius 3 is 2.62 bits per heavy atom. The van der Waals surface area contributed by atoms with Crippen molar-refractivity contribution < 1.29 is 32.6 Å². The highest BCUT2D eigenvalue weighted by Gasteiger charge is 2.44. The molecule has 0 spiro atoms. The molecule has 1 aliphatic rings. The van der Waals surface area contributed by atoms with Gasteiger partial charge in [0.15, 0.2) is 18.9 Å². The van der Waals surface area contributed by atoms with Gasteiger partial charge in [0.05, 0.1) is 6.61 Å². The van der Waals surface area contributed by atoms with Gasteiger partial charge < -0.3 is 19.5 Å². The first-order valence-corrected chi connectivity index (χ1v) is 14.5. The van der Waals surface area contributed by atoms with E-state index in [0.717, 1.165) is 6.07 Å². The number of hydrogen-bond acceptors (Lipinski definition) is 6. The molecule has 2 heterocycles. The largest absolute Gasteiger partial charge is 0.503 e. The molecule has 2 unspecified atom stereocenters. The Morgan fingerprint density at radius 1 is 1.27 bits per heavy atom. The van der Waals surface area contributed by atoms with Crippen molar-refractivity contribution in [2.45, 2.75) is 53.1 Å². The minimum atomic E-state index is -2.65. The smallest absolute Gasteiger partial charge is 0.257 e. The third-order valence-electron chi connectivity index (χ3n) is 6.96. The third-order valence-corrected chi connectivity index (χ3v) is 8.90. The zero-order chi connectivity index (χ0) is 27.5. The van der Waals surface area contributed by atoms with Crippen LogP contribution >= 0.6 is 7.37 Å². The molecule has 1 amide bonds. The van der Waals surface area contributed by atoms with Crippen molar-refractivity contribution in [3.8, 4) is 5.75 Å². The number of rotatable bonds is 10. The number of amides is 1. The molecule has 11 heteroatoms. The monoisotopic (exact) mass is 538 g/mol. The maximum absolute atomic E-state index is 13.9. The van der Waals surface area contributed by atoms with Crippen molar-refractivity contribution >= 4 is 19.1 Å². The number of carbonyl (C=O) groups is 2. The molecule has 2 N–H and O–H groups in total. The molecule has 0 bridgehead atoms. The summed E-state index contributed by atoms with van der Waals surface area (Å²) in [6.07, 6.45) is 3.66. The lowest BCUT2D eigenvalue weighted by Gasteiger charge is -2.39. The Balaban J connectivity index is 1.79. The Kier molecular flexibility index (Phi) is 8.75. The molecule has 2 aromatic rings. The minimum absolute atomic E-state index is 0.0231. The van der Waals surface area contributed by atoms with Crippen LogP contribution < -0.4 is 10.7 Å². The van der Waals surface area contributed by atoms with Crippen LogP contribution in [0.2, 0.25) is 0 Å². The molecule has 3 rings (SSSR count). The number of pyridine rings is 1. The summed E-state index contributed by atoms with van der Waals surface area (Å²) in [6, 6.07) is 2.91. The van der Waals surface area contributed by atoms with Crippen LogP contribution in [-0.2, 0) is 22.2 Å². The van der Waals surface area contributed by atoms with Crippen molar-refractivity contribution in [2.75, 3.05) is 19.4 Å². The fourth-order valence-electron chi connectivity index (χ4n) is 4.67. The first-order chi connectivity index (χ1) is 17.3. The molecule has 2 atom stereocenters. The molecule has 0 aliphatic carbocycles. The number of fused-ring (bicyclic) bond motifs is 1. The average Bonchev–Trinajstić information content (AvgIpc) is 2.81. The molecule has 37 heavy (non-hydrogen) atoms. The summed E-state index contributed by atoms with van der Waals surface area (Å²) in [7, 11) is -2.65. The summed E-state index contributed by atoms with van der Waals surface area (Å²) >= 11 is 0. The predicted molar refractivity (Wildman–Crippen MR) is 135 cm³/mol. The standard InChI is InChI=1S/C26H33F2N2O6P/c1-5-36-37(4,35)11-7-6-8-17-14-30-15-19(22(31)23(32)21(30)24(33)26(17,2)3)25(34)29-13-16-9-10-18(27)12-20(16)28/h9-10,12,15,17,32H,5-8,11,13-14H2,1-4H3,(H,29,34). The van der Waals surface area contributed by atoms with E-state index in [-0.39, 0.29) is 30.3 Å². The first kappa shape index (κ1) is 28.7. The van der Waals surface area contributed by atoms with Crippen LogP contribution in [-0.4, -0.2) is 40.8 Å². The fourth-order valence-corrected chi connectivity index (χ4v) is 6.14. The van der Waals surface area contributed by atoms with E-state index in [9.17, 15) is 32.8 Å². The highest BCUT2D eigenvalue weighted by atomic mass is 31.2. The Hall–Kier alpha value is -2.84. The Morgan fingerprint density at radius 2 is 1.97 bits per heavy atom. The SMILES string of the molecule is CCOP(C)(=O)CCCCC1Cn2cc(C(=O)NCc3ccc(F)cc3F)c(=O)c(O)c2C(=O)C1(C)C. The molecule has 0 radical (unpaired) electrons. The Bertz CT molecular complexity index is 1310. The van der Waals surface area contributed by atoms with Crippen LogP contribution in [0.4, 0.5) is 8.78 Å². The summed E-state index contributed by atoms with van der Waals surface area (Å²) < 4.78 is 46.1. The molecule has 1 aromatic heterocycles. The van der Waals surface area contributed by atoms with Crippen LogP contribution in [0.5, 0.6) is 5.75 Å². The molecule has 1 aromatic carbocycles. The number of hydrogen-bond donors (Lipinski definition) is 2. The van der Waals surface area contributed by atoms with Crippen LogP contribution in [0.25, 0.3) is 0 Å². The van der Waals surface area contributed by atoms with Gasteiger partial charge in [-0.1, -0.05) is 26.3 Å². The van der Waals surface area contributed by atoms with E-state index in [1.807, 2.05) is 0 Å². The number of benzene rings is 1. The van der Waals surface area contributed by atoms with E-state index in [2.05, 4.69) is 5.32 Å². The second-order valence-corrected chi connectivity index (χ2v) is 12.8. The van der Waals surface area contributed by atoms with E-state index < -0.39 is 52.9 Å². The maximum atomic E-state index is 13.9. The fraction of sp³-hybridized carbons (Fsp3) is 0.500. The topological polar surface area (TPSA) is 115 Å². The van der Waals surface area contributed by atoms with E-state index >= 15 is 0 Å². The number of nitrogens with zero attached hydrogens (tertiary/aromatic N) is 1. The van der Waals surface area contributed by atoms with E-state index in [4.69, 9.17) is 4.52 Å². The Labute approximate surface area is 214 Å². The van der Waals surface area contributed by atoms with Gasteiger partial charge in [-0.25, -0.2) is 8.78 Å². The van der Waals surface area contributed by atoms with E-state index in [1.54, 1.807) is 27.4 Å². The van der Waals surface area contributed by atoms with Crippen molar-refractivity contribution in [3.63, 3.8) is 0 Å². The van der Waals surface area contributed by atoms with Gasteiger partial charge in [0.25, 0.3) is 5.91 Å². The van der Waals surface area contributed by atoms with Crippen molar-refractivity contribution in [2.24, 2.45) is 11.3 Å². The van der Waals surface area contributed by atoms with Crippen molar-refractivity contribution in [1.82, 2.24) is 9.88 Å². The summed E-state index contributed by atoms with van der Waals surface area (Å²) in [5, 5.41) is 13.0. The zero-order valence-electron chi connectivity index (χ0n) is 21.5. The van der Waals surface area contributed by atoms with Crippen LogP contribution in [0, 0.1) is 23.0 Å². The van der Waals surface area contributed by atoms with Gasteiger partial charge in [0.2, 0.25) is 5.43 Å². The minimum Gasteiger partial charge on any atom is -0.503 e. The molecule has 0 saturated carbocycles. The number of unbranched alkanes of at least 4 members (excludes halogenated alkanes) is 1. The van der Waals surface area contributed by atoms with E-state index in [1.165, 1.54) is 16.8 Å². The number of Topliss-reactive ketones (excluding diaryl/α,β-unsaturated/α-hetero) is 1. The quantitative estimate of drug-likeness (QED) is 0.334. The summed E-state index contributed by atoms with van der Waals surface area (Å²) in [4.78, 5) is 38.8. The molecular formula is C26H33F2N2O6P. The molecule has 202 valence electrons. The molecule has 0 fully saturated rings. The molecular weight excluding hydrogens is 505 g/mol. The van der Waals surface area contributed by atoms with Gasteiger partial charge >= 0.3 is 0 Å². The molecule has 1 aliphatic heterocycles. The van der Waals surface area contributed by atoms with Gasteiger partial charge in [-0.05, 0) is 31.7 Å². The average molecular weight is 539 g/mol. The molecule has 8 nitrogen and oxygen atoms in total. The lowest BCUT2D eigenvalue weighted by molar-refractivity contribution is 0.0622. The van der Waals surface area contributed by atoms with Crippen LogP contribution in [0.1, 0.15) is 66.4 Å². The van der Waals surface area contributed by atoms with Gasteiger partial charge in [-0.2, -0.15) is 0 Å². The highest BCUT2D eigenvalue weighted by molar-refractivity contribution is 7.58. The third kappa shape index (κ3) is 6.36. The number of nitrogens with one attached hydrogen (secondary N) is 1. The van der Waals surface area contributed by atoms with Gasteiger partial charge in [0, 0.05) is 49.2 Å². The maximum Gasteiger partial charge on any atom is 0.257 e. The molecule has 0 saturated heterocycles. The van der Waals surface area contributed by atoms with Gasteiger partial charge in [0.1, 0.15) is 22.9 Å². The predicted octanol–water partition coefficient (Wildman–Crippen LogP) is 4.72. The number of aromatic nitrogens is 1. The van der Waals surface area contributed by atoms with Crippen LogP contribution in [0.15, 0.2) is 29.2 Å². The number of carbonyl (C=O) groups excluding carboxylic acids is 2.